The standard InChI is InChI=1S/C13H13Br2NO2S2/c1-8(10-3-5-11(14)6-4-10)16-20(17,18)12-7-13(15)19-9(12)2/h3-8,16H,1-2H3/t8-/m1/s1. The number of sulfonamides is 1. The average molecular weight is 439 g/mol. The molecule has 1 N–H and O–H groups in total. The van der Waals surface area contributed by atoms with Crippen LogP contribution >= 0.6 is 43.2 Å². The van der Waals surface area contributed by atoms with Crippen molar-refractivity contribution in [3.05, 3.63) is 49.0 Å². The van der Waals surface area contributed by atoms with E-state index in [4.69, 9.17) is 0 Å². The van der Waals surface area contributed by atoms with E-state index in [1.54, 1.807) is 13.0 Å². The molecule has 0 aliphatic rings. The first-order valence-corrected chi connectivity index (χ1v) is 9.72. The monoisotopic (exact) mass is 437 g/mol. The molecule has 0 radical (unpaired) electrons. The number of hydrogen-bond acceptors (Lipinski definition) is 3. The molecular formula is C13H13Br2NO2S2. The summed E-state index contributed by atoms with van der Waals surface area (Å²) in [6, 6.07) is 8.93. The SMILES string of the molecule is Cc1sc(Br)cc1S(=O)(=O)N[C@H](C)c1ccc(Br)cc1. The Labute approximate surface area is 139 Å². The van der Waals surface area contributed by atoms with Crippen LogP contribution in [-0.4, -0.2) is 8.42 Å². The first-order valence-electron chi connectivity index (χ1n) is 5.83. The molecule has 2 aromatic rings. The molecule has 0 spiro atoms. The molecule has 1 aromatic heterocycles. The Balaban J connectivity index is 2.24. The number of aryl methyl sites for hydroxylation is 1. The van der Waals surface area contributed by atoms with E-state index >= 15 is 0 Å². The number of nitrogens with one attached hydrogen (secondary N) is 1. The average Bonchev–Trinajstić information content (AvgIpc) is 2.69. The van der Waals surface area contributed by atoms with Crippen molar-refractivity contribution in [2.24, 2.45) is 0 Å². The second-order valence-corrected chi connectivity index (χ2v) is 9.60. The van der Waals surface area contributed by atoms with E-state index < -0.39 is 10.0 Å². The van der Waals surface area contributed by atoms with Gasteiger partial charge in [-0.25, -0.2) is 13.1 Å². The van der Waals surface area contributed by atoms with Crippen LogP contribution < -0.4 is 4.72 Å². The maximum atomic E-state index is 12.4. The first-order chi connectivity index (χ1) is 9.29. The van der Waals surface area contributed by atoms with Gasteiger partial charge < -0.3 is 0 Å². The van der Waals surface area contributed by atoms with Crippen molar-refractivity contribution in [1.29, 1.82) is 0 Å². The van der Waals surface area contributed by atoms with Crippen molar-refractivity contribution < 1.29 is 8.42 Å². The van der Waals surface area contributed by atoms with Crippen molar-refractivity contribution in [3.63, 3.8) is 0 Å². The number of thiophene rings is 1. The summed E-state index contributed by atoms with van der Waals surface area (Å²) in [7, 11) is -3.51. The number of benzene rings is 1. The summed E-state index contributed by atoms with van der Waals surface area (Å²) in [6.45, 7) is 3.63. The van der Waals surface area contributed by atoms with Crippen LogP contribution in [0.3, 0.4) is 0 Å². The minimum Gasteiger partial charge on any atom is -0.207 e. The van der Waals surface area contributed by atoms with Gasteiger partial charge in [0.1, 0.15) is 0 Å². The van der Waals surface area contributed by atoms with Crippen LogP contribution in [0.15, 0.2) is 43.5 Å². The zero-order valence-corrected chi connectivity index (χ0v) is 15.7. The number of hydrogen-bond donors (Lipinski definition) is 1. The van der Waals surface area contributed by atoms with Gasteiger partial charge in [0.2, 0.25) is 10.0 Å². The van der Waals surface area contributed by atoms with Crippen molar-refractivity contribution >= 4 is 53.2 Å². The van der Waals surface area contributed by atoms with Gasteiger partial charge in [0.05, 0.1) is 8.68 Å². The molecule has 0 saturated carbocycles. The Kier molecular flexibility index (Phi) is 5.07. The van der Waals surface area contributed by atoms with E-state index in [9.17, 15) is 8.42 Å². The molecule has 0 amide bonds. The molecule has 1 heterocycles. The van der Waals surface area contributed by atoms with Crippen LogP contribution in [-0.2, 0) is 10.0 Å². The largest absolute Gasteiger partial charge is 0.242 e. The van der Waals surface area contributed by atoms with Crippen LogP contribution in [0.1, 0.15) is 23.4 Å². The topological polar surface area (TPSA) is 46.2 Å². The summed E-state index contributed by atoms with van der Waals surface area (Å²) in [4.78, 5) is 1.10. The van der Waals surface area contributed by atoms with Gasteiger partial charge in [0.15, 0.2) is 0 Å². The smallest absolute Gasteiger partial charge is 0.207 e. The van der Waals surface area contributed by atoms with E-state index in [2.05, 4.69) is 36.6 Å². The molecule has 20 heavy (non-hydrogen) atoms. The summed E-state index contributed by atoms with van der Waals surface area (Å²) >= 11 is 8.09. The highest BCUT2D eigenvalue weighted by Crippen LogP contribution is 2.30. The Bertz CT molecular complexity index is 708. The zero-order chi connectivity index (χ0) is 14.9. The summed E-state index contributed by atoms with van der Waals surface area (Å²) in [5, 5.41) is 0. The number of halogens is 2. The summed E-state index contributed by atoms with van der Waals surface area (Å²) in [6.07, 6.45) is 0. The molecule has 0 bridgehead atoms. The molecule has 7 heteroatoms. The van der Waals surface area contributed by atoms with E-state index in [-0.39, 0.29) is 6.04 Å². The van der Waals surface area contributed by atoms with E-state index in [0.29, 0.717) is 4.90 Å². The second-order valence-electron chi connectivity index (χ2n) is 4.37. The summed E-state index contributed by atoms with van der Waals surface area (Å²) < 4.78 is 29.2. The third kappa shape index (κ3) is 3.71. The third-order valence-corrected chi connectivity index (χ3v) is 6.71. The van der Waals surface area contributed by atoms with Crippen LogP contribution in [0.25, 0.3) is 0 Å². The van der Waals surface area contributed by atoms with Gasteiger partial charge in [-0.1, -0.05) is 28.1 Å². The maximum Gasteiger partial charge on any atom is 0.242 e. The first kappa shape index (κ1) is 16.2. The normalized spacial score (nSPS) is 13.4. The lowest BCUT2D eigenvalue weighted by molar-refractivity contribution is 0.567. The van der Waals surface area contributed by atoms with E-state index in [0.717, 1.165) is 18.7 Å². The van der Waals surface area contributed by atoms with Crippen molar-refractivity contribution in [2.45, 2.75) is 24.8 Å². The fourth-order valence-electron chi connectivity index (χ4n) is 1.81. The predicted octanol–water partition coefficient (Wildman–Crippen LogP) is 4.62. The molecular weight excluding hydrogens is 426 g/mol. The van der Waals surface area contributed by atoms with Gasteiger partial charge >= 0.3 is 0 Å². The molecule has 0 aliphatic carbocycles. The van der Waals surface area contributed by atoms with E-state index in [1.807, 2.05) is 31.2 Å². The Hall–Kier alpha value is -0.210. The molecule has 0 unspecified atom stereocenters. The molecule has 1 aromatic carbocycles. The molecule has 0 saturated heterocycles. The van der Waals surface area contributed by atoms with Crippen LogP contribution in [0.2, 0.25) is 0 Å². The van der Waals surface area contributed by atoms with Crippen molar-refractivity contribution in [3.8, 4) is 0 Å². The lowest BCUT2D eigenvalue weighted by atomic mass is 10.1. The molecule has 0 aliphatic heterocycles. The summed E-state index contributed by atoms with van der Waals surface area (Å²) in [5.41, 5.74) is 0.920. The Morgan fingerprint density at radius 1 is 1.20 bits per heavy atom. The summed E-state index contributed by atoms with van der Waals surface area (Å²) in [5.74, 6) is 0. The fraction of sp³-hybridized carbons (Fsp3) is 0.231. The quantitative estimate of drug-likeness (QED) is 0.756. The minimum atomic E-state index is -3.51. The van der Waals surface area contributed by atoms with Gasteiger partial charge in [-0.3, -0.25) is 0 Å². The van der Waals surface area contributed by atoms with Crippen LogP contribution in [0.5, 0.6) is 0 Å². The van der Waals surface area contributed by atoms with Gasteiger partial charge in [-0.2, -0.15) is 0 Å². The van der Waals surface area contributed by atoms with Crippen LogP contribution in [0.4, 0.5) is 0 Å². The van der Waals surface area contributed by atoms with E-state index in [1.165, 1.54) is 11.3 Å². The van der Waals surface area contributed by atoms with Crippen molar-refractivity contribution in [2.75, 3.05) is 0 Å². The minimum absolute atomic E-state index is 0.286. The third-order valence-electron chi connectivity index (χ3n) is 2.83. The van der Waals surface area contributed by atoms with Gasteiger partial charge in [-0.15, -0.1) is 11.3 Å². The second kappa shape index (κ2) is 6.27. The van der Waals surface area contributed by atoms with Gasteiger partial charge in [0, 0.05) is 15.4 Å². The van der Waals surface area contributed by atoms with Crippen LogP contribution in [0, 0.1) is 6.92 Å². The zero-order valence-electron chi connectivity index (χ0n) is 10.9. The fourth-order valence-corrected chi connectivity index (χ4v) is 5.72. The highest BCUT2D eigenvalue weighted by Gasteiger charge is 2.22. The highest BCUT2D eigenvalue weighted by atomic mass is 79.9. The Morgan fingerprint density at radius 3 is 2.30 bits per heavy atom. The Morgan fingerprint density at radius 2 is 1.80 bits per heavy atom. The maximum absolute atomic E-state index is 12.4. The lowest BCUT2D eigenvalue weighted by Gasteiger charge is -2.14. The molecule has 1 atom stereocenters. The lowest BCUT2D eigenvalue weighted by Crippen LogP contribution is -2.27. The number of rotatable bonds is 4. The molecule has 0 fully saturated rings. The molecule has 2 rings (SSSR count). The van der Waals surface area contributed by atoms with Crippen molar-refractivity contribution in [1.82, 2.24) is 4.72 Å². The highest BCUT2D eigenvalue weighted by molar-refractivity contribution is 9.11. The predicted molar refractivity (Wildman–Crippen MR) is 89.6 cm³/mol. The molecule has 3 nitrogen and oxygen atoms in total. The van der Waals surface area contributed by atoms with Gasteiger partial charge in [0.25, 0.3) is 0 Å². The molecule has 108 valence electrons. The van der Waals surface area contributed by atoms with Gasteiger partial charge in [-0.05, 0) is 53.5 Å².